The Morgan fingerprint density at radius 2 is 1.85 bits per heavy atom. The zero-order valence-electron chi connectivity index (χ0n) is 22.0. The zero-order chi connectivity index (χ0) is 28.8. The molecule has 206 valence electrons. The van der Waals surface area contributed by atoms with Crippen molar-refractivity contribution in [3.8, 4) is 34.4 Å². The van der Waals surface area contributed by atoms with Crippen LogP contribution in [0.4, 0.5) is 8.78 Å². The fourth-order valence-electron chi connectivity index (χ4n) is 4.34. The normalized spacial score (nSPS) is 12.4. The fraction of sp³-hybridized carbons (Fsp3) is 0.156. The van der Waals surface area contributed by atoms with Crippen molar-refractivity contribution in [1.82, 2.24) is 4.98 Å². The van der Waals surface area contributed by atoms with E-state index in [-0.39, 0.29) is 16.4 Å². The molecular weight excluding hydrogens is 546 g/mol. The van der Waals surface area contributed by atoms with Crippen LogP contribution >= 0.6 is 11.8 Å². The van der Waals surface area contributed by atoms with Gasteiger partial charge < -0.3 is 14.2 Å². The molecule has 0 atom stereocenters. The van der Waals surface area contributed by atoms with Crippen LogP contribution in [0.3, 0.4) is 0 Å². The van der Waals surface area contributed by atoms with E-state index < -0.39 is 12.1 Å². The second kappa shape index (κ2) is 12.7. The minimum atomic E-state index is -2.79. The Morgan fingerprint density at radius 1 is 1.07 bits per heavy atom. The van der Waals surface area contributed by atoms with Crippen LogP contribution in [0.15, 0.2) is 83.9 Å². The molecule has 3 aromatic carbocycles. The van der Waals surface area contributed by atoms with Crippen molar-refractivity contribution in [3.63, 3.8) is 0 Å². The lowest BCUT2D eigenvalue weighted by Gasteiger charge is -2.18. The number of ether oxygens (including phenoxy) is 3. The van der Waals surface area contributed by atoms with Crippen LogP contribution in [-0.4, -0.2) is 31.1 Å². The average molecular weight is 571 g/mol. The second-order valence-corrected chi connectivity index (χ2v) is 9.93. The van der Waals surface area contributed by atoms with E-state index in [2.05, 4.69) is 11.1 Å². The monoisotopic (exact) mass is 570 g/mol. The molecule has 1 aliphatic rings. The summed E-state index contributed by atoms with van der Waals surface area (Å²) in [6.07, 6.45) is 0.369. The Kier molecular flexibility index (Phi) is 8.61. The second-order valence-electron chi connectivity index (χ2n) is 8.97. The zero-order valence-corrected chi connectivity index (χ0v) is 22.8. The minimum Gasteiger partial charge on any atom is -0.496 e. The molecule has 0 aliphatic carbocycles. The van der Waals surface area contributed by atoms with E-state index in [1.807, 2.05) is 18.2 Å². The minimum absolute atomic E-state index is 0.200. The van der Waals surface area contributed by atoms with Gasteiger partial charge in [0.15, 0.2) is 17.3 Å². The number of ketones is 1. The number of nitrogens with zero attached hydrogens (tertiary/aromatic N) is 2. The third kappa shape index (κ3) is 6.39. The number of hydrogen-bond donors (Lipinski definition) is 0. The highest BCUT2D eigenvalue weighted by atomic mass is 32.2. The van der Waals surface area contributed by atoms with Crippen LogP contribution in [0.25, 0.3) is 17.2 Å². The quantitative estimate of drug-likeness (QED) is 0.117. The van der Waals surface area contributed by atoms with Gasteiger partial charge >= 0.3 is 0 Å². The number of methoxy groups -OCH3 is 1. The lowest BCUT2D eigenvalue weighted by Crippen LogP contribution is -2.15. The molecule has 0 saturated heterocycles. The van der Waals surface area contributed by atoms with Crippen molar-refractivity contribution in [2.75, 3.05) is 20.3 Å². The molecule has 6 nitrogen and oxygen atoms in total. The third-order valence-electron chi connectivity index (χ3n) is 6.35. The van der Waals surface area contributed by atoms with Crippen LogP contribution < -0.4 is 14.2 Å². The summed E-state index contributed by atoms with van der Waals surface area (Å²) in [5, 5.41) is 10.2. The van der Waals surface area contributed by atoms with Crippen molar-refractivity contribution in [2.24, 2.45) is 0 Å². The molecule has 41 heavy (non-hydrogen) atoms. The summed E-state index contributed by atoms with van der Waals surface area (Å²) >= 11 is 1.17. The Labute approximate surface area is 240 Å². The largest absolute Gasteiger partial charge is 0.496 e. The predicted octanol–water partition coefficient (Wildman–Crippen LogP) is 7.53. The van der Waals surface area contributed by atoms with Crippen molar-refractivity contribution in [2.45, 2.75) is 17.2 Å². The van der Waals surface area contributed by atoms with E-state index in [1.165, 1.54) is 31.0 Å². The maximum absolute atomic E-state index is 13.7. The molecule has 1 aromatic heterocycles. The molecule has 0 unspecified atom stereocenters. The van der Waals surface area contributed by atoms with Gasteiger partial charge in [0.1, 0.15) is 35.8 Å². The van der Waals surface area contributed by atoms with Gasteiger partial charge in [-0.15, -0.1) is 11.8 Å². The first-order valence-electron chi connectivity index (χ1n) is 12.7. The number of allylic oxidation sites excluding steroid dienone is 1. The van der Waals surface area contributed by atoms with Crippen molar-refractivity contribution in [1.29, 1.82) is 5.26 Å². The van der Waals surface area contributed by atoms with E-state index in [0.717, 1.165) is 11.1 Å². The van der Waals surface area contributed by atoms with Crippen LogP contribution in [-0.2, 0) is 5.75 Å². The van der Waals surface area contributed by atoms with E-state index in [0.29, 0.717) is 52.9 Å². The average Bonchev–Trinajstić information content (AvgIpc) is 3.02. The molecule has 5 rings (SSSR count). The highest BCUT2D eigenvalue weighted by Gasteiger charge is 2.20. The first kappa shape index (κ1) is 27.9. The Bertz CT molecular complexity index is 1650. The molecule has 2 heterocycles. The smallest absolute Gasteiger partial charge is 0.280 e. The molecule has 0 amide bonds. The SMILES string of the molecule is COc1ccc(/C=C/C(=O)c2ccc3c(c2)OCCO3)cc1CSc1nc(C(F)F)cc(-c2ccccc2)c1C#N. The Balaban J connectivity index is 1.39. The molecule has 0 saturated carbocycles. The van der Waals surface area contributed by atoms with E-state index >= 15 is 0 Å². The summed E-state index contributed by atoms with van der Waals surface area (Å²) in [7, 11) is 1.54. The lowest BCUT2D eigenvalue weighted by atomic mass is 10.0. The van der Waals surface area contributed by atoms with Gasteiger partial charge in [0, 0.05) is 22.4 Å². The van der Waals surface area contributed by atoms with Gasteiger partial charge in [0.05, 0.1) is 12.7 Å². The standard InChI is InChI=1S/C32H24F2N2O4S/c1-38-28-11-8-20(7-10-27(37)22-9-12-29-30(16-22)40-14-13-39-29)15-23(28)19-41-32-25(18-35)24(17-26(36-32)31(33)34)21-5-3-2-4-6-21/h2-12,15-17,31H,13-14,19H2,1H3/b10-7+. The molecule has 4 aromatic rings. The molecule has 0 N–H and O–H groups in total. The molecular formula is C32H24F2N2O4S. The summed E-state index contributed by atoms with van der Waals surface area (Å²) in [4.78, 5) is 16.9. The summed E-state index contributed by atoms with van der Waals surface area (Å²) in [5.41, 5.74) is 2.85. The maximum Gasteiger partial charge on any atom is 0.280 e. The highest BCUT2D eigenvalue weighted by molar-refractivity contribution is 7.98. The number of thioether (sulfide) groups is 1. The van der Waals surface area contributed by atoms with E-state index in [4.69, 9.17) is 14.2 Å². The van der Waals surface area contributed by atoms with Crippen molar-refractivity contribution in [3.05, 3.63) is 107 Å². The topological polar surface area (TPSA) is 81.4 Å². The van der Waals surface area contributed by atoms with Gasteiger partial charge in [0.2, 0.25) is 0 Å². The van der Waals surface area contributed by atoms with Crippen LogP contribution in [0.2, 0.25) is 0 Å². The summed E-state index contributed by atoms with van der Waals surface area (Å²) in [6.45, 7) is 0.899. The number of halogens is 2. The van der Waals surface area contributed by atoms with Crippen molar-refractivity contribution >= 4 is 23.6 Å². The van der Waals surface area contributed by atoms with Gasteiger partial charge in [-0.2, -0.15) is 5.26 Å². The summed E-state index contributed by atoms with van der Waals surface area (Å²) < 4.78 is 44.1. The van der Waals surface area contributed by atoms with Gasteiger partial charge in [0.25, 0.3) is 6.43 Å². The number of carbonyl (C=O) groups is 1. The van der Waals surface area contributed by atoms with Gasteiger partial charge in [-0.3, -0.25) is 4.79 Å². The molecule has 9 heteroatoms. The number of benzene rings is 3. The number of carbonyl (C=O) groups excluding carboxylic acids is 1. The predicted molar refractivity (Wildman–Crippen MR) is 153 cm³/mol. The van der Waals surface area contributed by atoms with Gasteiger partial charge in [-0.05, 0) is 53.6 Å². The molecule has 0 fully saturated rings. The van der Waals surface area contributed by atoms with Crippen molar-refractivity contribution < 1.29 is 27.8 Å². The number of fused-ring (bicyclic) bond motifs is 1. The number of alkyl halides is 2. The van der Waals surface area contributed by atoms with Gasteiger partial charge in [-0.1, -0.05) is 42.5 Å². The number of hydrogen-bond acceptors (Lipinski definition) is 7. The molecule has 0 bridgehead atoms. The lowest BCUT2D eigenvalue weighted by molar-refractivity contribution is 0.104. The summed E-state index contributed by atoms with van der Waals surface area (Å²) in [6, 6.07) is 22.8. The first-order valence-corrected chi connectivity index (χ1v) is 13.7. The Morgan fingerprint density at radius 3 is 2.59 bits per heavy atom. The third-order valence-corrected chi connectivity index (χ3v) is 7.37. The van der Waals surface area contributed by atoms with E-state index in [1.54, 1.807) is 54.6 Å². The number of rotatable bonds is 9. The molecule has 1 aliphatic heterocycles. The molecule has 0 radical (unpaired) electrons. The summed E-state index contributed by atoms with van der Waals surface area (Å²) in [5.74, 6) is 1.83. The number of aromatic nitrogens is 1. The van der Waals surface area contributed by atoms with Crippen LogP contribution in [0.1, 0.15) is 39.2 Å². The fourth-order valence-corrected chi connectivity index (χ4v) is 5.32. The van der Waals surface area contributed by atoms with Gasteiger partial charge in [-0.25, -0.2) is 13.8 Å². The first-order chi connectivity index (χ1) is 20.0. The Hall–Kier alpha value is -4.68. The molecule has 0 spiro atoms. The number of nitriles is 1. The number of pyridine rings is 1. The maximum atomic E-state index is 13.7. The van der Waals surface area contributed by atoms with Crippen LogP contribution in [0, 0.1) is 11.3 Å². The van der Waals surface area contributed by atoms with Crippen LogP contribution in [0.5, 0.6) is 17.2 Å². The van der Waals surface area contributed by atoms with E-state index in [9.17, 15) is 18.8 Å². The highest BCUT2D eigenvalue weighted by Crippen LogP contribution is 2.36.